The number of piperazine rings is 1. The van der Waals surface area contributed by atoms with E-state index < -0.39 is 10.0 Å². The summed E-state index contributed by atoms with van der Waals surface area (Å²) in [5.74, 6) is -0.0779. The average Bonchev–Trinajstić information content (AvgIpc) is 2.64. The van der Waals surface area contributed by atoms with Gasteiger partial charge in [-0.05, 0) is 50.2 Å². The zero-order chi connectivity index (χ0) is 18.7. The molecule has 6 nitrogen and oxygen atoms in total. The molecule has 26 heavy (non-hydrogen) atoms. The largest absolute Gasteiger partial charge is 0.333 e. The first-order valence-corrected chi connectivity index (χ1v) is 10.1. The highest BCUT2D eigenvalue weighted by molar-refractivity contribution is 7.92. The van der Waals surface area contributed by atoms with Crippen LogP contribution in [0.3, 0.4) is 0 Å². The van der Waals surface area contributed by atoms with Crippen molar-refractivity contribution in [2.24, 2.45) is 0 Å². The number of amides is 1. The van der Waals surface area contributed by atoms with Gasteiger partial charge < -0.3 is 10.2 Å². The van der Waals surface area contributed by atoms with Gasteiger partial charge in [-0.1, -0.05) is 18.2 Å². The summed E-state index contributed by atoms with van der Waals surface area (Å²) in [4.78, 5) is 14.7. The molecule has 0 aliphatic carbocycles. The molecule has 1 heterocycles. The second kappa shape index (κ2) is 7.47. The number of hydrogen-bond donors (Lipinski definition) is 2. The highest BCUT2D eigenvalue weighted by Gasteiger charge is 2.28. The van der Waals surface area contributed by atoms with Gasteiger partial charge in [0.15, 0.2) is 0 Å². The Morgan fingerprint density at radius 3 is 2.38 bits per heavy atom. The molecule has 1 aliphatic rings. The summed E-state index contributed by atoms with van der Waals surface area (Å²) < 4.78 is 27.5. The maximum absolute atomic E-state index is 12.7. The number of para-hydroxylation sites is 1. The van der Waals surface area contributed by atoms with Crippen LogP contribution in [-0.2, 0) is 10.0 Å². The summed E-state index contributed by atoms with van der Waals surface area (Å²) in [6.07, 6.45) is 0. The Kier molecular flexibility index (Phi) is 5.29. The van der Waals surface area contributed by atoms with Crippen molar-refractivity contribution in [2.45, 2.75) is 30.8 Å². The normalized spacial score (nSPS) is 20.6. The molecule has 0 saturated carbocycles. The van der Waals surface area contributed by atoms with E-state index in [0.717, 1.165) is 6.54 Å². The van der Waals surface area contributed by atoms with Crippen molar-refractivity contribution >= 4 is 21.6 Å². The molecule has 2 aromatic rings. The number of carbonyl (C=O) groups is 1. The number of nitrogens with zero attached hydrogens (tertiary/aromatic N) is 1. The second-order valence-electron chi connectivity index (χ2n) is 6.48. The van der Waals surface area contributed by atoms with Crippen molar-refractivity contribution in [1.82, 2.24) is 10.2 Å². The van der Waals surface area contributed by atoms with Crippen LogP contribution in [0.15, 0.2) is 59.5 Å². The maximum Gasteiger partial charge on any atom is 0.261 e. The van der Waals surface area contributed by atoms with Gasteiger partial charge in [0.25, 0.3) is 15.9 Å². The monoisotopic (exact) mass is 373 g/mol. The minimum atomic E-state index is -3.69. The number of hydrogen-bond acceptors (Lipinski definition) is 4. The zero-order valence-corrected chi connectivity index (χ0v) is 15.7. The first kappa shape index (κ1) is 18.4. The van der Waals surface area contributed by atoms with Gasteiger partial charge in [0.05, 0.1) is 4.90 Å². The fourth-order valence-corrected chi connectivity index (χ4v) is 4.06. The quantitative estimate of drug-likeness (QED) is 0.862. The summed E-state index contributed by atoms with van der Waals surface area (Å²) in [7, 11) is -3.69. The molecule has 2 aromatic carbocycles. The molecule has 0 spiro atoms. The van der Waals surface area contributed by atoms with Crippen molar-refractivity contribution in [3.05, 3.63) is 60.2 Å². The van der Waals surface area contributed by atoms with Crippen LogP contribution in [0, 0.1) is 0 Å². The van der Waals surface area contributed by atoms with E-state index in [-0.39, 0.29) is 22.9 Å². The minimum absolute atomic E-state index is 0.0779. The summed E-state index contributed by atoms with van der Waals surface area (Å²) >= 11 is 0. The van der Waals surface area contributed by atoms with E-state index in [1.165, 1.54) is 12.1 Å². The highest BCUT2D eigenvalue weighted by atomic mass is 32.2. The van der Waals surface area contributed by atoms with Crippen molar-refractivity contribution < 1.29 is 13.2 Å². The van der Waals surface area contributed by atoms with Crippen LogP contribution in [0.25, 0.3) is 0 Å². The number of carbonyl (C=O) groups excluding carboxylic acids is 1. The predicted molar refractivity (Wildman–Crippen MR) is 102 cm³/mol. The third-order valence-corrected chi connectivity index (χ3v) is 6.13. The van der Waals surface area contributed by atoms with E-state index in [2.05, 4.69) is 17.0 Å². The van der Waals surface area contributed by atoms with Gasteiger partial charge in [0, 0.05) is 36.4 Å². The summed E-state index contributed by atoms with van der Waals surface area (Å²) in [6.45, 7) is 5.46. The van der Waals surface area contributed by atoms with Gasteiger partial charge in [-0.2, -0.15) is 0 Å². The van der Waals surface area contributed by atoms with Gasteiger partial charge in [0.1, 0.15) is 0 Å². The minimum Gasteiger partial charge on any atom is -0.333 e. The molecule has 2 unspecified atom stereocenters. The molecular formula is C19H23N3O3S. The Labute approximate surface area is 154 Å². The van der Waals surface area contributed by atoms with Crippen molar-refractivity contribution in [3.63, 3.8) is 0 Å². The molecule has 1 amide bonds. The molecule has 1 fully saturated rings. The number of rotatable bonds is 4. The summed E-state index contributed by atoms with van der Waals surface area (Å²) in [5, 5.41) is 3.34. The van der Waals surface area contributed by atoms with E-state index in [9.17, 15) is 13.2 Å². The third-order valence-electron chi connectivity index (χ3n) is 4.73. The molecule has 1 aliphatic heterocycles. The molecule has 0 aromatic heterocycles. The van der Waals surface area contributed by atoms with Crippen LogP contribution in [-0.4, -0.2) is 44.4 Å². The molecular weight excluding hydrogens is 350 g/mol. The van der Waals surface area contributed by atoms with Crippen LogP contribution in [0.4, 0.5) is 5.69 Å². The van der Waals surface area contributed by atoms with E-state index in [4.69, 9.17) is 0 Å². The first-order valence-electron chi connectivity index (χ1n) is 8.61. The lowest BCUT2D eigenvalue weighted by molar-refractivity contribution is 0.0603. The smallest absolute Gasteiger partial charge is 0.261 e. The Morgan fingerprint density at radius 1 is 1.08 bits per heavy atom. The van der Waals surface area contributed by atoms with Gasteiger partial charge in [-0.3, -0.25) is 9.52 Å². The fourth-order valence-electron chi connectivity index (χ4n) is 3.01. The van der Waals surface area contributed by atoms with Crippen LogP contribution < -0.4 is 10.0 Å². The van der Waals surface area contributed by atoms with Gasteiger partial charge in [0.2, 0.25) is 0 Å². The van der Waals surface area contributed by atoms with E-state index in [1.54, 1.807) is 36.4 Å². The van der Waals surface area contributed by atoms with Crippen molar-refractivity contribution in [1.29, 1.82) is 0 Å². The first-order chi connectivity index (χ1) is 12.4. The number of sulfonamides is 1. The Morgan fingerprint density at radius 2 is 1.73 bits per heavy atom. The Balaban J connectivity index is 1.76. The second-order valence-corrected chi connectivity index (χ2v) is 8.16. The van der Waals surface area contributed by atoms with Gasteiger partial charge in [-0.15, -0.1) is 0 Å². The average molecular weight is 373 g/mol. The Bertz CT molecular complexity index is 867. The van der Waals surface area contributed by atoms with E-state index in [0.29, 0.717) is 17.8 Å². The maximum atomic E-state index is 12.7. The standard InChI is InChI=1S/C19H23N3O3S/c1-14-15(2)22(13-12-20-14)19(23)16-8-10-18(11-9-16)26(24,25)21-17-6-4-3-5-7-17/h3-11,14-15,20-21H,12-13H2,1-2H3. The van der Waals surface area contributed by atoms with E-state index >= 15 is 0 Å². The summed E-state index contributed by atoms with van der Waals surface area (Å²) in [5.41, 5.74) is 0.987. The number of anilines is 1. The van der Waals surface area contributed by atoms with Gasteiger partial charge >= 0.3 is 0 Å². The van der Waals surface area contributed by atoms with E-state index in [1.807, 2.05) is 17.9 Å². The molecule has 2 atom stereocenters. The lowest BCUT2D eigenvalue weighted by Crippen LogP contribution is -2.57. The molecule has 1 saturated heterocycles. The predicted octanol–water partition coefficient (Wildman–Crippen LogP) is 2.31. The molecule has 138 valence electrons. The third kappa shape index (κ3) is 3.89. The topological polar surface area (TPSA) is 78.5 Å². The van der Waals surface area contributed by atoms with Crippen molar-refractivity contribution in [2.75, 3.05) is 17.8 Å². The van der Waals surface area contributed by atoms with Crippen LogP contribution in [0.1, 0.15) is 24.2 Å². The molecule has 2 N–H and O–H groups in total. The fraction of sp³-hybridized carbons (Fsp3) is 0.316. The van der Waals surface area contributed by atoms with Gasteiger partial charge in [-0.25, -0.2) is 8.42 Å². The lowest BCUT2D eigenvalue weighted by atomic mass is 10.1. The van der Waals surface area contributed by atoms with Crippen molar-refractivity contribution in [3.8, 4) is 0 Å². The SMILES string of the molecule is CC1NCCN(C(=O)c2ccc(S(=O)(=O)Nc3ccccc3)cc2)C1C. The molecule has 7 heteroatoms. The summed E-state index contributed by atoms with van der Waals surface area (Å²) in [6, 6.07) is 15.1. The number of benzene rings is 2. The van der Waals surface area contributed by atoms with Crippen LogP contribution in [0.5, 0.6) is 0 Å². The number of nitrogens with one attached hydrogen (secondary N) is 2. The Hall–Kier alpha value is -2.38. The van der Waals surface area contributed by atoms with Crippen LogP contribution in [0.2, 0.25) is 0 Å². The molecule has 0 bridgehead atoms. The zero-order valence-electron chi connectivity index (χ0n) is 14.8. The molecule has 3 rings (SSSR count). The lowest BCUT2D eigenvalue weighted by Gasteiger charge is -2.38. The van der Waals surface area contributed by atoms with Crippen LogP contribution >= 0.6 is 0 Å². The molecule has 0 radical (unpaired) electrons. The highest BCUT2D eigenvalue weighted by Crippen LogP contribution is 2.18.